The molecule has 0 atom stereocenters. The van der Waals surface area contributed by atoms with E-state index in [4.69, 9.17) is 4.98 Å². The summed E-state index contributed by atoms with van der Waals surface area (Å²) in [5.74, 6) is -0.621. The number of hydrogen-bond acceptors (Lipinski definition) is 5. The van der Waals surface area contributed by atoms with Crippen LogP contribution in [0.2, 0.25) is 0 Å². The average Bonchev–Trinajstić information content (AvgIpc) is 3.40. The Labute approximate surface area is 195 Å². The summed E-state index contributed by atoms with van der Waals surface area (Å²) in [6.07, 6.45) is 0.447. The van der Waals surface area contributed by atoms with E-state index in [-0.39, 0.29) is 30.6 Å². The number of hydrogen-bond donors (Lipinski definition) is 0. The number of fused-ring (bicyclic) bond motifs is 1. The lowest BCUT2D eigenvalue weighted by molar-refractivity contribution is -0.121. The Hall–Kier alpha value is -3.84. The third-order valence-corrected chi connectivity index (χ3v) is 6.66. The number of carbonyl (C=O) groups is 3. The number of rotatable bonds is 5. The summed E-state index contributed by atoms with van der Waals surface area (Å²) in [4.78, 5) is 45.3. The molecule has 1 fully saturated rings. The molecule has 6 nitrogen and oxygen atoms in total. The molecular formula is C26H21N3O3S. The van der Waals surface area contributed by atoms with Gasteiger partial charge in [-0.15, -0.1) is 0 Å². The summed E-state index contributed by atoms with van der Waals surface area (Å²) in [6.45, 7) is 2.41. The van der Waals surface area contributed by atoms with Gasteiger partial charge in [-0.05, 0) is 54.4 Å². The van der Waals surface area contributed by atoms with Crippen molar-refractivity contribution in [3.8, 4) is 0 Å². The maximum absolute atomic E-state index is 13.6. The van der Waals surface area contributed by atoms with Crippen LogP contribution in [-0.2, 0) is 16.1 Å². The Kier molecular flexibility index (Phi) is 5.48. The van der Waals surface area contributed by atoms with E-state index in [0.717, 1.165) is 21.3 Å². The Morgan fingerprint density at radius 1 is 0.970 bits per heavy atom. The predicted octanol–water partition coefficient (Wildman–Crippen LogP) is 5.11. The molecular weight excluding hydrogens is 434 g/mol. The fraction of sp³-hybridized carbons (Fsp3) is 0.154. The zero-order chi connectivity index (χ0) is 22.9. The van der Waals surface area contributed by atoms with Gasteiger partial charge in [-0.2, -0.15) is 0 Å². The topological polar surface area (TPSA) is 70.6 Å². The first-order valence-electron chi connectivity index (χ1n) is 10.7. The highest BCUT2D eigenvalue weighted by Gasteiger charge is 2.30. The highest BCUT2D eigenvalue weighted by atomic mass is 32.1. The number of anilines is 2. The van der Waals surface area contributed by atoms with Crippen LogP contribution in [0.1, 0.15) is 34.3 Å². The van der Waals surface area contributed by atoms with Crippen LogP contribution in [0.3, 0.4) is 0 Å². The number of amides is 3. The number of aromatic nitrogens is 1. The molecule has 0 N–H and O–H groups in total. The van der Waals surface area contributed by atoms with Gasteiger partial charge in [0, 0.05) is 18.4 Å². The Balaban J connectivity index is 1.49. The lowest BCUT2D eigenvalue weighted by atomic mass is 10.1. The standard InChI is InChI=1S/C26H21N3O3S/c1-17-7-12-21-22(15-17)33-26(27-21)28(16-18-5-3-2-4-6-18)25(32)19-8-10-20(11-9-19)29-23(30)13-14-24(29)31/h2-12,15H,13-14,16H2,1H3. The molecule has 0 aliphatic carbocycles. The van der Waals surface area contributed by atoms with Gasteiger partial charge in [-0.3, -0.25) is 24.2 Å². The van der Waals surface area contributed by atoms with Crippen molar-refractivity contribution >= 4 is 50.1 Å². The van der Waals surface area contributed by atoms with E-state index in [1.54, 1.807) is 29.2 Å². The normalized spacial score (nSPS) is 13.7. The van der Waals surface area contributed by atoms with E-state index in [0.29, 0.717) is 22.9 Å². The summed E-state index contributed by atoms with van der Waals surface area (Å²) in [5, 5.41) is 0.624. The maximum Gasteiger partial charge on any atom is 0.260 e. The van der Waals surface area contributed by atoms with Crippen LogP contribution in [0.15, 0.2) is 72.8 Å². The fourth-order valence-electron chi connectivity index (χ4n) is 3.90. The first kappa shape index (κ1) is 21.0. The van der Waals surface area contributed by atoms with Crippen LogP contribution in [0.5, 0.6) is 0 Å². The van der Waals surface area contributed by atoms with E-state index in [9.17, 15) is 14.4 Å². The van der Waals surface area contributed by atoms with Crippen molar-refractivity contribution < 1.29 is 14.4 Å². The van der Waals surface area contributed by atoms with Crippen LogP contribution in [0, 0.1) is 6.92 Å². The van der Waals surface area contributed by atoms with Crippen LogP contribution >= 0.6 is 11.3 Å². The Bertz CT molecular complexity index is 1350. The minimum atomic E-state index is -0.213. The number of thiazole rings is 1. The van der Waals surface area contributed by atoms with Gasteiger partial charge in [0.2, 0.25) is 11.8 Å². The lowest BCUT2D eigenvalue weighted by Gasteiger charge is -2.21. The second kappa shape index (κ2) is 8.60. The van der Waals surface area contributed by atoms with Crippen molar-refractivity contribution in [3.63, 3.8) is 0 Å². The molecule has 2 heterocycles. The number of aryl methyl sites for hydroxylation is 1. The van der Waals surface area contributed by atoms with Gasteiger partial charge in [0.25, 0.3) is 5.91 Å². The highest BCUT2D eigenvalue weighted by Crippen LogP contribution is 2.32. The fourth-order valence-corrected chi connectivity index (χ4v) is 4.96. The molecule has 0 spiro atoms. The molecule has 1 aliphatic heterocycles. The summed E-state index contributed by atoms with van der Waals surface area (Å²) in [6, 6.07) is 22.4. The molecule has 3 aromatic carbocycles. The van der Waals surface area contributed by atoms with Crippen LogP contribution in [-0.4, -0.2) is 22.7 Å². The molecule has 0 bridgehead atoms. The molecule has 7 heteroatoms. The molecule has 0 radical (unpaired) electrons. The van der Waals surface area contributed by atoms with Crippen molar-refractivity contribution in [3.05, 3.63) is 89.5 Å². The third kappa shape index (κ3) is 4.15. The largest absolute Gasteiger partial charge is 0.279 e. The molecule has 0 saturated carbocycles. The van der Waals surface area contributed by atoms with E-state index in [1.165, 1.54) is 16.2 Å². The third-order valence-electron chi connectivity index (χ3n) is 5.62. The number of imide groups is 1. The summed E-state index contributed by atoms with van der Waals surface area (Å²) < 4.78 is 1.03. The monoisotopic (exact) mass is 455 g/mol. The van der Waals surface area contributed by atoms with Crippen LogP contribution < -0.4 is 9.80 Å². The SMILES string of the molecule is Cc1ccc2nc(N(Cc3ccccc3)C(=O)c3ccc(N4C(=O)CCC4=O)cc3)sc2c1. The van der Waals surface area contributed by atoms with Gasteiger partial charge in [0.15, 0.2) is 5.13 Å². The van der Waals surface area contributed by atoms with E-state index < -0.39 is 0 Å². The van der Waals surface area contributed by atoms with Gasteiger partial charge in [-0.1, -0.05) is 47.7 Å². The molecule has 5 rings (SSSR count). The lowest BCUT2D eigenvalue weighted by Crippen LogP contribution is -2.31. The summed E-state index contributed by atoms with van der Waals surface area (Å²) in [5.41, 5.74) is 3.94. The Morgan fingerprint density at radius 2 is 1.67 bits per heavy atom. The zero-order valence-electron chi connectivity index (χ0n) is 18.0. The molecule has 1 aromatic heterocycles. The first-order valence-corrected chi connectivity index (χ1v) is 11.5. The molecule has 3 amide bonds. The molecule has 164 valence electrons. The zero-order valence-corrected chi connectivity index (χ0v) is 18.8. The number of carbonyl (C=O) groups excluding carboxylic acids is 3. The molecule has 0 unspecified atom stereocenters. The number of benzene rings is 3. The van der Waals surface area contributed by atoms with Crippen molar-refractivity contribution in [2.45, 2.75) is 26.3 Å². The predicted molar refractivity (Wildman–Crippen MR) is 129 cm³/mol. The van der Waals surface area contributed by atoms with Gasteiger partial charge >= 0.3 is 0 Å². The van der Waals surface area contributed by atoms with Crippen molar-refractivity contribution in [2.75, 3.05) is 9.80 Å². The number of nitrogens with zero attached hydrogens (tertiary/aromatic N) is 3. The van der Waals surface area contributed by atoms with Crippen molar-refractivity contribution in [2.24, 2.45) is 0 Å². The quantitative estimate of drug-likeness (QED) is 0.392. The summed E-state index contributed by atoms with van der Waals surface area (Å²) >= 11 is 1.48. The molecule has 1 aliphatic rings. The van der Waals surface area contributed by atoms with Crippen molar-refractivity contribution in [1.29, 1.82) is 0 Å². The summed E-state index contributed by atoms with van der Waals surface area (Å²) in [7, 11) is 0. The first-order chi connectivity index (χ1) is 16.0. The van der Waals surface area contributed by atoms with Gasteiger partial charge in [-0.25, -0.2) is 4.98 Å². The van der Waals surface area contributed by atoms with Crippen LogP contribution in [0.4, 0.5) is 10.8 Å². The second-order valence-corrected chi connectivity index (χ2v) is 9.02. The van der Waals surface area contributed by atoms with E-state index >= 15 is 0 Å². The van der Waals surface area contributed by atoms with Crippen LogP contribution in [0.25, 0.3) is 10.2 Å². The van der Waals surface area contributed by atoms with Gasteiger partial charge < -0.3 is 0 Å². The maximum atomic E-state index is 13.6. The molecule has 1 saturated heterocycles. The smallest absolute Gasteiger partial charge is 0.260 e. The highest BCUT2D eigenvalue weighted by molar-refractivity contribution is 7.22. The van der Waals surface area contributed by atoms with E-state index in [1.807, 2.05) is 49.4 Å². The minimum Gasteiger partial charge on any atom is -0.279 e. The second-order valence-electron chi connectivity index (χ2n) is 8.01. The average molecular weight is 456 g/mol. The Morgan fingerprint density at radius 3 is 2.36 bits per heavy atom. The van der Waals surface area contributed by atoms with Gasteiger partial charge in [0.05, 0.1) is 22.4 Å². The van der Waals surface area contributed by atoms with Gasteiger partial charge in [0.1, 0.15) is 0 Å². The van der Waals surface area contributed by atoms with Crippen molar-refractivity contribution in [1.82, 2.24) is 4.98 Å². The minimum absolute atomic E-state index is 0.194. The molecule has 33 heavy (non-hydrogen) atoms. The van der Waals surface area contributed by atoms with E-state index in [2.05, 4.69) is 6.07 Å². The molecule has 4 aromatic rings.